The molecule has 1 unspecified atom stereocenters. The number of nitrogens with one attached hydrogen (secondary N) is 1. The van der Waals surface area contributed by atoms with Gasteiger partial charge < -0.3 is 15.1 Å². The van der Waals surface area contributed by atoms with Crippen LogP contribution in [0.3, 0.4) is 0 Å². The third-order valence-corrected chi connectivity index (χ3v) is 4.97. The van der Waals surface area contributed by atoms with Crippen LogP contribution in [0.4, 0.5) is 0 Å². The average molecular weight is 253 g/mol. The quantitative estimate of drug-likeness (QED) is 0.804. The maximum absolute atomic E-state index is 3.56. The van der Waals surface area contributed by atoms with Crippen molar-refractivity contribution in [1.29, 1.82) is 0 Å². The van der Waals surface area contributed by atoms with Gasteiger partial charge in [-0.25, -0.2) is 0 Å². The maximum atomic E-state index is 3.56. The minimum absolute atomic E-state index is 0.578. The molecule has 1 atom stereocenters. The first-order chi connectivity index (χ1) is 8.63. The molecule has 18 heavy (non-hydrogen) atoms. The van der Waals surface area contributed by atoms with Gasteiger partial charge in [0.25, 0.3) is 0 Å². The summed E-state index contributed by atoms with van der Waals surface area (Å²) >= 11 is 0. The van der Waals surface area contributed by atoms with Crippen LogP contribution in [-0.4, -0.2) is 63.2 Å². The number of hydrogen-bond donors (Lipinski definition) is 1. The Balaban J connectivity index is 1.76. The molecule has 2 fully saturated rings. The van der Waals surface area contributed by atoms with Gasteiger partial charge in [-0.05, 0) is 70.7 Å². The van der Waals surface area contributed by atoms with Crippen LogP contribution in [-0.2, 0) is 0 Å². The van der Waals surface area contributed by atoms with Crippen LogP contribution < -0.4 is 5.32 Å². The van der Waals surface area contributed by atoms with E-state index in [4.69, 9.17) is 0 Å². The first-order valence-electron chi connectivity index (χ1n) is 7.71. The van der Waals surface area contributed by atoms with Crippen molar-refractivity contribution in [2.45, 2.75) is 32.6 Å². The van der Waals surface area contributed by atoms with E-state index >= 15 is 0 Å². The van der Waals surface area contributed by atoms with E-state index in [-0.39, 0.29) is 0 Å². The largest absolute Gasteiger partial charge is 0.316 e. The molecule has 2 heterocycles. The summed E-state index contributed by atoms with van der Waals surface area (Å²) in [6, 6.07) is 0. The van der Waals surface area contributed by atoms with Gasteiger partial charge in [0.05, 0.1) is 0 Å². The highest BCUT2D eigenvalue weighted by atomic mass is 15.2. The third kappa shape index (κ3) is 3.69. The molecule has 0 radical (unpaired) electrons. The summed E-state index contributed by atoms with van der Waals surface area (Å²) in [6.45, 7) is 10.1. The average Bonchev–Trinajstić information content (AvgIpc) is 2.80. The Labute approximate surface area is 113 Å². The number of nitrogens with zero attached hydrogens (tertiary/aromatic N) is 2. The van der Waals surface area contributed by atoms with E-state index in [1.165, 1.54) is 65.0 Å². The fourth-order valence-corrected chi connectivity index (χ4v) is 3.66. The van der Waals surface area contributed by atoms with Crippen LogP contribution in [0.15, 0.2) is 0 Å². The van der Waals surface area contributed by atoms with Crippen molar-refractivity contribution in [3.8, 4) is 0 Å². The van der Waals surface area contributed by atoms with Crippen molar-refractivity contribution < 1.29 is 0 Å². The predicted octanol–water partition coefficient (Wildman–Crippen LogP) is 1.65. The molecule has 2 aliphatic heterocycles. The van der Waals surface area contributed by atoms with E-state index in [9.17, 15) is 0 Å². The van der Waals surface area contributed by atoms with E-state index in [1.54, 1.807) is 0 Å². The summed E-state index contributed by atoms with van der Waals surface area (Å²) in [5, 5.41) is 3.56. The molecular weight excluding hydrogens is 222 g/mol. The molecule has 106 valence electrons. The summed E-state index contributed by atoms with van der Waals surface area (Å²) in [6.07, 6.45) is 5.50. The van der Waals surface area contributed by atoms with Crippen LogP contribution >= 0.6 is 0 Å². The molecule has 1 N–H and O–H groups in total. The molecule has 0 bridgehead atoms. The smallest absolute Gasteiger partial charge is 0.00505 e. The Bertz CT molecular complexity index is 238. The van der Waals surface area contributed by atoms with E-state index in [2.05, 4.69) is 36.1 Å². The molecule has 0 amide bonds. The van der Waals surface area contributed by atoms with Crippen molar-refractivity contribution in [3.63, 3.8) is 0 Å². The number of piperidine rings is 1. The lowest BCUT2D eigenvalue weighted by molar-refractivity contribution is 0.107. The zero-order valence-electron chi connectivity index (χ0n) is 12.5. The van der Waals surface area contributed by atoms with Crippen molar-refractivity contribution in [2.75, 3.05) is 53.4 Å². The highest BCUT2D eigenvalue weighted by Crippen LogP contribution is 2.31. The molecule has 3 heteroatoms. The van der Waals surface area contributed by atoms with Crippen LogP contribution in [0.1, 0.15) is 32.6 Å². The highest BCUT2D eigenvalue weighted by Gasteiger charge is 2.34. The Morgan fingerprint density at radius 2 is 2.00 bits per heavy atom. The topological polar surface area (TPSA) is 18.5 Å². The third-order valence-electron chi connectivity index (χ3n) is 4.97. The SMILES string of the molecule is CCC1(CN2CCC(CN(C)C)CC2)CCNC1. The van der Waals surface area contributed by atoms with Crippen molar-refractivity contribution in [1.82, 2.24) is 15.1 Å². The first kappa shape index (κ1) is 14.3. The van der Waals surface area contributed by atoms with Crippen molar-refractivity contribution in [3.05, 3.63) is 0 Å². The lowest BCUT2D eigenvalue weighted by Crippen LogP contribution is -2.44. The van der Waals surface area contributed by atoms with E-state index in [1.807, 2.05) is 0 Å². The van der Waals surface area contributed by atoms with Gasteiger partial charge in [0, 0.05) is 19.6 Å². The normalized spacial score (nSPS) is 31.3. The van der Waals surface area contributed by atoms with Crippen LogP contribution in [0.5, 0.6) is 0 Å². The molecule has 0 aromatic heterocycles. The number of hydrogen-bond acceptors (Lipinski definition) is 3. The maximum Gasteiger partial charge on any atom is 0.00505 e. The second-order valence-corrected chi connectivity index (χ2v) is 6.76. The predicted molar refractivity (Wildman–Crippen MR) is 77.9 cm³/mol. The van der Waals surface area contributed by atoms with Gasteiger partial charge in [-0.2, -0.15) is 0 Å². The van der Waals surface area contributed by atoms with Gasteiger partial charge >= 0.3 is 0 Å². The Morgan fingerprint density at radius 3 is 2.50 bits per heavy atom. The Morgan fingerprint density at radius 1 is 1.28 bits per heavy atom. The number of likely N-dealkylation sites (tertiary alicyclic amines) is 1. The minimum atomic E-state index is 0.578. The second kappa shape index (κ2) is 6.36. The fraction of sp³-hybridized carbons (Fsp3) is 1.00. The van der Waals surface area contributed by atoms with Crippen LogP contribution in [0.2, 0.25) is 0 Å². The van der Waals surface area contributed by atoms with Crippen LogP contribution in [0.25, 0.3) is 0 Å². The van der Waals surface area contributed by atoms with Gasteiger partial charge in [0.2, 0.25) is 0 Å². The van der Waals surface area contributed by atoms with Gasteiger partial charge in [-0.15, -0.1) is 0 Å². The molecule has 0 aliphatic carbocycles. The van der Waals surface area contributed by atoms with Gasteiger partial charge in [-0.1, -0.05) is 6.92 Å². The first-order valence-corrected chi connectivity index (χ1v) is 7.71. The zero-order valence-corrected chi connectivity index (χ0v) is 12.5. The fourth-order valence-electron chi connectivity index (χ4n) is 3.66. The summed E-state index contributed by atoms with van der Waals surface area (Å²) in [4.78, 5) is 5.07. The lowest BCUT2D eigenvalue weighted by Gasteiger charge is -2.39. The highest BCUT2D eigenvalue weighted by molar-refractivity contribution is 4.90. The number of rotatable bonds is 5. The van der Waals surface area contributed by atoms with Crippen molar-refractivity contribution in [2.24, 2.45) is 11.3 Å². The van der Waals surface area contributed by atoms with E-state index < -0.39 is 0 Å². The molecule has 2 aliphatic rings. The van der Waals surface area contributed by atoms with Crippen LogP contribution in [0, 0.1) is 11.3 Å². The molecule has 0 aromatic rings. The Hall–Kier alpha value is -0.120. The Kier molecular flexibility index (Phi) is 5.05. The molecule has 0 aromatic carbocycles. The zero-order chi connectivity index (χ0) is 13.0. The van der Waals surface area contributed by atoms with Gasteiger partial charge in [0.15, 0.2) is 0 Å². The molecule has 3 nitrogen and oxygen atoms in total. The van der Waals surface area contributed by atoms with Crippen molar-refractivity contribution >= 4 is 0 Å². The summed E-state index contributed by atoms with van der Waals surface area (Å²) in [5.74, 6) is 0.926. The lowest BCUT2D eigenvalue weighted by atomic mass is 9.83. The molecule has 0 spiro atoms. The molecular formula is C15H31N3. The van der Waals surface area contributed by atoms with E-state index in [0.717, 1.165) is 5.92 Å². The molecule has 2 saturated heterocycles. The summed E-state index contributed by atoms with van der Waals surface area (Å²) in [7, 11) is 4.39. The monoisotopic (exact) mass is 253 g/mol. The molecule has 0 saturated carbocycles. The van der Waals surface area contributed by atoms with Gasteiger partial charge in [0.1, 0.15) is 0 Å². The molecule has 2 rings (SSSR count). The summed E-state index contributed by atoms with van der Waals surface area (Å²) < 4.78 is 0. The van der Waals surface area contributed by atoms with Gasteiger partial charge in [-0.3, -0.25) is 0 Å². The minimum Gasteiger partial charge on any atom is -0.316 e. The second-order valence-electron chi connectivity index (χ2n) is 6.76. The van der Waals surface area contributed by atoms with E-state index in [0.29, 0.717) is 5.41 Å². The summed E-state index contributed by atoms with van der Waals surface area (Å²) in [5.41, 5.74) is 0.578. The standard InChI is InChI=1S/C15H31N3/c1-4-15(7-8-16-12-15)13-18-9-5-14(6-10-18)11-17(2)3/h14,16H,4-13H2,1-3H3.